The van der Waals surface area contributed by atoms with Crippen LogP contribution in [0.3, 0.4) is 0 Å². The summed E-state index contributed by atoms with van der Waals surface area (Å²) in [6.45, 7) is 2.43. The van der Waals surface area contributed by atoms with Crippen LogP contribution in [0.25, 0.3) is 0 Å². The van der Waals surface area contributed by atoms with Gasteiger partial charge in [-0.05, 0) is 18.8 Å². The van der Waals surface area contributed by atoms with Crippen molar-refractivity contribution in [3.63, 3.8) is 0 Å². The first kappa shape index (κ1) is 9.52. The summed E-state index contributed by atoms with van der Waals surface area (Å²) in [6, 6.07) is -0.427. The Morgan fingerprint density at radius 2 is 2.33 bits per heavy atom. The van der Waals surface area contributed by atoms with Gasteiger partial charge in [0.05, 0.1) is 6.61 Å². The van der Waals surface area contributed by atoms with E-state index in [0.29, 0.717) is 13.0 Å². The predicted molar refractivity (Wildman–Crippen MR) is 46.6 cm³/mol. The van der Waals surface area contributed by atoms with Crippen LogP contribution in [0, 0.1) is 5.92 Å². The summed E-state index contributed by atoms with van der Waals surface area (Å²) in [5.41, 5.74) is 5.47. The number of nitrogens with two attached hydrogens (primary N) is 1. The highest BCUT2D eigenvalue weighted by Crippen LogP contribution is 2.32. The monoisotopic (exact) mass is 171 g/mol. The van der Waals surface area contributed by atoms with Crippen molar-refractivity contribution >= 4 is 5.97 Å². The third kappa shape index (κ3) is 3.22. The van der Waals surface area contributed by atoms with Crippen molar-refractivity contribution in [1.29, 1.82) is 0 Å². The molecule has 12 heavy (non-hydrogen) atoms. The molecule has 0 aliphatic heterocycles. The van der Waals surface area contributed by atoms with Gasteiger partial charge in [0.2, 0.25) is 0 Å². The predicted octanol–water partition coefficient (Wildman–Crippen LogP) is 1.07. The molecule has 3 heteroatoms. The summed E-state index contributed by atoms with van der Waals surface area (Å²) in [5.74, 6) is 0.564. The second-order valence-electron chi connectivity index (χ2n) is 3.41. The molecule has 0 aromatic heterocycles. The molecule has 1 atom stereocenters. The fourth-order valence-corrected chi connectivity index (χ4v) is 1.01. The molecule has 0 bridgehead atoms. The Morgan fingerprint density at radius 3 is 2.83 bits per heavy atom. The molecule has 0 spiro atoms. The Morgan fingerprint density at radius 1 is 1.67 bits per heavy atom. The lowest BCUT2D eigenvalue weighted by Crippen LogP contribution is -2.31. The summed E-state index contributed by atoms with van der Waals surface area (Å²) in [6.07, 6.45) is 4.28. The van der Waals surface area contributed by atoms with E-state index in [9.17, 15) is 4.79 Å². The number of esters is 1. The molecule has 1 aliphatic carbocycles. The van der Waals surface area contributed by atoms with Gasteiger partial charge < -0.3 is 10.5 Å². The number of hydrogen-bond donors (Lipinski definition) is 1. The number of ether oxygens (including phenoxy) is 1. The minimum absolute atomic E-state index is 0.252. The van der Waals surface area contributed by atoms with Crippen molar-refractivity contribution in [3.05, 3.63) is 0 Å². The molecule has 70 valence electrons. The highest BCUT2D eigenvalue weighted by Gasteiger charge is 2.21. The molecule has 0 amide bonds. The highest BCUT2D eigenvalue weighted by atomic mass is 16.5. The van der Waals surface area contributed by atoms with Gasteiger partial charge >= 0.3 is 5.97 Å². The Bertz CT molecular complexity index is 155. The number of rotatable bonds is 5. The lowest BCUT2D eigenvalue weighted by molar-refractivity contribution is -0.145. The molecule has 1 fully saturated rings. The number of carbonyl (C=O) groups excluding carboxylic acids is 1. The van der Waals surface area contributed by atoms with Crippen LogP contribution < -0.4 is 5.73 Å². The quantitative estimate of drug-likeness (QED) is 0.629. The van der Waals surface area contributed by atoms with Gasteiger partial charge in [-0.3, -0.25) is 4.79 Å². The first-order chi connectivity index (χ1) is 5.74. The van der Waals surface area contributed by atoms with Crippen LogP contribution in [0.4, 0.5) is 0 Å². The lowest BCUT2D eigenvalue weighted by atomic mass is 10.2. The second-order valence-corrected chi connectivity index (χ2v) is 3.41. The Kier molecular flexibility index (Phi) is 3.53. The zero-order valence-corrected chi connectivity index (χ0v) is 7.58. The summed E-state index contributed by atoms with van der Waals surface area (Å²) in [7, 11) is 0. The Hall–Kier alpha value is -0.570. The van der Waals surface area contributed by atoms with Crippen LogP contribution in [-0.4, -0.2) is 18.6 Å². The van der Waals surface area contributed by atoms with Crippen molar-refractivity contribution in [1.82, 2.24) is 0 Å². The van der Waals surface area contributed by atoms with E-state index in [4.69, 9.17) is 10.5 Å². The van der Waals surface area contributed by atoms with Crippen LogP contribution in [0.15, 0.2) is 0 Å². The summed E-state index contributed by atoms with van der Waals surface area (Å²) in [4.78, 5) is 11.0. The van der Waals surface area contributed by atoms with E-state index in [2.05, 4.69) is 0 Å². The maximum atomic E-state index is 11.0. The molecule has 0 saturated heterocycles. The Labute approximate surface area is 73.3 Å². The largest absolute Gasteiger partial charge is 0.465 e. The zero-order valence-electron chi connectivity index (χ0n) is 7.58. The van der Waals surface area contributed by atoms with Gasteiger partial charge in [-0.2, -0.15) is 0 Å². The minimum Gasteiger partial charge on any atom is -0.465 e. The van der Waals surface area contributed by atoms with Crippen LogP contribution in [0.5, 0.6) is 0 Å². The van der Waals surface area contributed by atoms with Gasteiger partial charge in [-0.15, -0.1) is 0 Å². The number of carbonyl (C=O) groups is 1. The molecule has 1 rings (SSSR count). The van der Waals surface area contributed by atoms with E-state index in [-0.39, 0.29) is 5.97 Å². The van der Waals surface area contributed by atoms with Crippen molar-refractivity contribution in [2.45, 2.75) is 38.6 Å². The second kappa shape index (κ2) is 4.45. The number of hydrogen-bond acceptors (Lipinski definition) is 3. The average Bonchev–Trinajstić information content (AvgIpc) is 2.86. The lowest BCUT2D eigenvalue weighted by Gasteiger charge is -2.08. The normalized spacial score (nSPS) is 18.8. The van der Waals surface area contributed by atoms with E-state index in [0.717, 1.165) is 12.3 Å². The van der Waals surface area contributed by atoms with Crippen LogP contribution >= 0.6 is 0 Å². The molecule has 0 radical (unpaired) electrons. The van der Waals surface area contributed by atoms with Gasteiger partial charge in [0.25, 0.3) is 0 Å². The average molecular weight is 171 g/mol. The standard InChI is InChI=1S/C9H17NO2/c1-2-8(10)9(11)12-6-5-7-3-4-7/h7-8H,2-6,10H2,1H3/t8-/m0/s1. The van der Waals surface area contributed by atoms with Gasteiger partial charge in [0, 0.05) is 0 Å². The fraction of sp³-hybridized carbons (Fsp3) is 0.889. The summed E-state index contributed by atoms with van der Waals surface area (Å²) < 4.78 is 4.98. The maximum absolute atomic E-state index is 11.0. The molecule has 0 aromatic rings. The molecule has 1 saturated carbocycles. The van der Waals surface area contributed by atoms with Gasteiger partial charge in [-0.1, -0.05) is 19.8 Å². The molecule has 2 N–H and O–H groups in total. The molecule has 0 heterocycles. The van der Waals surface area contributed by atoms with Crippen molar-refractivity contribution in [2.75, 3.05) is 6.61 Å². The smallest absolute Gasteiger partial charge is 0.322 e. The van der Waals surface area contributed by atoms with Gasteiger partial charge in [0.1, 0.15) is 6.04 Å². The maximum Gasteiger partial charge on any atom is 0.322 e. The highest BCUT2D eigenvalue weighted by molar-refractivity contribution is 5.75. The first-order valence-corrected chi connectivity index (χ1v) is 4.66. The van der Waals surface area contributed by atoms with Crippen molar-refractivity contribution in [2.24, 2.45) is 11.7 Å². The first-order valence-electron chi connectivity index (χ1n) is 4.66. The van der Waals surface area contributed by atoms with Gasteiger partial charge in [-0.25, -0.2) is 0 Å². The van der Waals surface area contributed by atoms with Gasteiger partial charge in [0.15, 0.2) is 0 Å². The van der Waals surface area contributed by atoms with Crippen LogP contribution in [0.2, 0.25) is 0 Å². The van der Waals surface area contributed by atoms with E-state index >= 15 is 0 Å². The van der Waals surface area contributed by atoms with E-state index in [1.165, 1.54) is 12.8 Å². The molecule has 0 unspecified atom stereocenters. The van der Waals surface area contributed by atoms with Crippen LogP contribution in [0.1, 0.15) is 32.6 Å². The van der Waals surface area contributed by atoms with E-state index in [1.54, 1.807) is 0 Å². The third-order valence-corrected chi connectivity index (χ3v) is 2.21. The molecular weight excluding hydrogens is 154 g/mol. The summed E-state index contributed by atoms with van der Waals surface area (Å²) >= 11 is 0. The van der Waals surface area contributed by atoms with Crippen molar-refractivity contribution in [3.8, 4) is 0 Å². The zero-order chi connectivity index (χ0) is 8.97. The topological polar surface area (TPSA) is 52.3 Å². The van der Waals surface area contributed by atoms with E-state index < -0.39 is 6.04 Å². The van der Waals surface area contributed by atoms with Crippen molar-refractivity contribution < 1.29 is 9.53 Å². The SMILES string of the molecule is CC[C@H](N)C(=O)OCCC1CC1. The molecular formula is C9H17NO2. The van der Waals surface area contributed by atoms with Crippen LogP contribution in [-0.2, 0) is 9.53 Å². The molecule has 0 aromatic carbocycles. The summed E-state index contributed by atoms with van der Waals surface area (Å²) in [5, 5.41) is 0. The molecule has 1 aliphatic rings. The molecule has 3 nitrogen and oxygen atoms in total. The minimum atomic E-state index is -0.427. The fourth-order valence-electron chi connectivity index (χ4n) is 1.01. The van der Waals surface area contributed by atoms with E-state index in [1.807, 2.05) is 6.92 Å². The Balaban J connectivity index is 2.00. The third-order valence-electron chi connectivity index (χ3n) is 2.21.